The number of carbonyl (C=O) groups excluding carboxylic acids is 1. The molecule has 0 spiro atoms. The molecule has 0 aliphatic heterocycles. The molecule has 0 saturated carbocycles. The number of nitrogens with zero attached hydrogens (tertiary/aromatic N) is 1. The summed E-state index contributed by atoms with van der Waals surface area (Å²) in [7, 11) is 0.721. The Morgan fingerprint density at radius 2 is 1.58 bits per heavy atom. The van der Waals surface area contributed by atoms with Crippen molar-refractivity contribution in [2.75, 3.05) is 7.11 Å². The molecule has 170 valence electrons. The highest BCUT2D eigenvalue weighted by Crippen LogP contribution is 2.55. The fraction of sp³-hybridized carbons (Fsp3) is 0.368. The molecule has 1 atom stereocenters. The minimum atomic E-state index is -7.04. The number of methoxy groups -OCH3 is 1. The molecule has 0 fully saturated rings. The van der Waals surface area contributed by atoms with Crippen LogP contribution in [0.15, 0.2) is 48.7 Å². The summed E-state index contributed by atoms with van der Waals surface area (Å²) in [5.74, 6) is -23.6. The summed E-state index contributed by atoms with van der Waals surface area (Å²) in [6, 6.07) is 9.46. The fourth-order valence-corrected chi connectivity index (χ4v) is 2.72. The zero-order chi connectivity index (χ0) is 23.7. The highest BCUT2D eigenvalue weighted by atomic mass is 19.4. The molecule has 0 saturated heterocycles. The number of rotatable bonds is 7. The summed E-state index contributed by atoms with van der Waals surface area (Å²) < 4.78 is 123. The molecule has 0 radical (unpaired) electrons. The van der Waals surface area contributed by atoms with Gasteiger partial charge in [0.15, 0.2) is 0 Å². The number of hydrogen-bond acceptors (Lipinski definition) is 3. The fourth-order valence-electron chi connectivity index (χ4n) is 2.72. The third kappa shape index (κ3) is 4.62. The van der Waals surface area contributed by atoms with Gasteiger partial charge in [-0.1, -0.05) is 24.3 Å². The number of aromatic nitrogens is 1. The molecule has 2 aromatic rings. The van der Waals surface area contributed by atoms with Crippen molar-refractivity contribution >= 4 is 5.97 Å². The van der Waals surface area contributed by atoms with Gasteiger partial charge >= 0.3 is 29.9 Å². The number of esters is 1. The number of benzene rings is 1. The van der Waals surface area contributed by atoms with Crippen LogP contribution < -0.4 is 0 Å². The topological polar surface area (TPSA) is 39.2 Å². The number of hydrogen-bond donors (Lipinski definition) is 0. The van der Waals surface area contributed by atoms with E-state index in [1.807, 2.05) is 0 Å². The lowest BCUT2D eigenvalue weighted by atomic mass is 9.87. The minimum Gasteiger partial charge on any atom is -0.469 e. The molecule has 1 heterocycles. The molecular weight excluding hydrogens is 445 g/mol. The van der Waals surface area contributed by atoms with Crippen molar-refractivity contribution in [2.45, 2.75) is 36.3 Å². The Morgan fingerprint density at radius 3 is 2.10 bits per heavy atom. The molecule has 2 rings (SSSR count). The summed E-state index contributed by atoms with van der Waals surface area (Å²) in [5, 5.41) is 0. The number of carbonyl (C=O) groups is 1. The highest BCUT2D eigenvalue weighted by molar-refractivity contribution is 5.79. The molecule has 3 nitrogen and oxygen atoms in total. The van der Waals surface area contributed by atoms with E-state index in [1.165, 1.54) is 24.4 Å². The van der Waals surface area contributed by atoms with Gasteiger partial charge in [0.2, 0.25) is 0 Å². The predicted octanol–water partition coefficient (Wildman–Crippen LogP) is 5.86. The first-order chi connectivity index (χ1) is 14.2. The van der Waals surface area contributed by atoms with Gasteiger partial charge in [-0.05, 0) is 23.8 Å². The molecule has 12 heteroatoms. The zero-order valence-electron chi connectivity index (χ0n) is 15.6. The van der Waals surface area contributed by atoms with Crippen LogP contribution in [0.1, 0.15) is 17.9 Å². The monoisotopic (exact) mass is 459 g/mol. The van der Waals surface area contributed by atoms with E-state index in [4.69, 9.17) is 0 Å². The third-order valence-electron chi connectivity index (χ3n) is 4.41. The maximum absolute atomic E-state index is 14.1. The SMILES string of the molecule is COC(=O)[C@H](CC(F)(F)C(F)(F)C(F)(F)C(F)(F)F)c1cccc(-c2ccccn2)c1. The van der Waals surface area contributed by atoms with Crippen LogP contribution in [0.5, 0.6) is 0 Å². The minimum absolute atomic E-state index is 0.253. The summed E-state index contributed by atoms with van der Waals surface area (Å²) in [6.07, 6.45) is -7.92. The number of pyridine rings is 1. The predicted molar refractivity (Wildman–Crippen MR) is 89.9 cm³/mol. The highest BCUT2D eigenvalue weighted by Gasteiger charge is 2.81. The summed E-state index contributed by atoms with van der Waals surface area (Å²) in [4.78, 5) is 16.0. The third-order valence-corrected chi connectivity index (χ3v) is 4.41. The molecule has 0 aliphatic carbocycles. The van der Waals surface area contributed by atoms with Gasteiger partial charge in [0, 0.05) is 18.2 Å². The maximum atomic E-state index is 14.1. The molecule has 31 heavy (non-hydrogen) atoms. The first kappa shape index (κ1) is 24.5. The first-order valence-electron chi connectivity index (χ1n) is 8.45. The number of alkyl halides is 9. The van der Waals surface area contributed by atoms with Crippen molar-refractivity contribution in [3.8, 4) is 11.3 Å². The molecule has 1 aromatic carbocycles. The zero-order valence-corrected chi connectivity index (χ0v) is 15.6. The smallest absolute Gasteiger partial charge is 0.460 e. The number of halogens is 9. The Morgan fingerprint density at radius 1 is 0.935 bits per heavy atom. The van der Waals surface area contributed by atoms with E-state index in [0.717, 1.165) is 19.2 Å². The van der Waals surface area contributed by atoms with Gasteiger partial charge in [-0.15, -0.1) is 0 Å². The van der Waals surface area contributed by atoms with Crippen LogP contribution in [-0.4, -0.2) is 42.0 Å². The van der Waals surface area contributed by atoms with Crippen molar-refractivity contribution in [2.24, 2.45) is 0 Å². The second-order valence-electron chi connectivity index (χ2n) is 6.47. The van der Waals surface area contributed by atoms with Crippen molar-refractivity contribution < 1.29 is 49.0 Å². The second-order valence-corrected chi connectivity index (χ2v) is 6.47. The van der Waals surface area contributed by atoms with Crippen LogP contribution in [0.2, 0.25) is 0 Å². The quantitative estimate of drug-likeness (QED) is 0.385. The Balaban J connectivity index is 2.48. The number of ether oxygens (including phenoxy) is 1. The van der Waals surface area contributed by atoms with E-state index in [2.05, 4.69) is 9.72 Å². The van der Waals surface area contributed by atoms with Gasteiger partial charge in [-0.25, -0.2) is 0 Å². The van der Waals surface area contributed by atoms with Crippen LogP contribution in [0, 0.1) is 0 Å². The summed E-state index contributed by atoms with van der Waals surface area (Å²) in [6.45, 7) is 0. The largest absolute Gasteiger partial charge is 0.469 e. The average Bonchev–Trinajstić information content (AvgIpc) is 2.71. The lowest BCUT2D eigenvalue weighted by Crippen LogP contribution is -2.61. The van der Waals surface area contributed by atoms with Crippen LogP contribution >= 0.6 is 0 Å². The molecule has 0 amide bonds. The first-order valence-corrected chi connectivity index (χ1v) is 8.45. The Labute approximate surface area is 169 Å². The van der Waals surface area contributed by atoms with E-state index < -0.39 is 42.3 Å². The molecule has 0 bridgehead atoms. The lowest BCUT2D eigenvalue weighted by molar-refractivity contribution is -0.397. The van der Waals surface area contributed by atoms with Gasteiger partial charge in [-0.3, -0.25) is 9.78 Å². The Kier molecular flexibility index (Phi) is 6.62. The molecule has 0 unspecified atom stereocenters. The molecule has 0 aliphatic rings. The van der Waals surface area contributed by atoms with Crippen LogP contribution in [-0.2, 0) is 9.53 Å². The average molecular weight is 459 g/mol. The second kappa shape index (κ2) is 8.39. The van der Waals surface area contributed by atoms with E-state index in [-0.39, 0.29) is 11.1 Å². The molecule has 0 N–H and O–H groups in total. The van der Waals surface area contributed by atoms with Crippen molar-refractivity contribution in [3.63, 3.8) is 0 Å². The van der Waals surface area contributed by atoms with Crippen LogP contribution in [0.3, 0.4) is 0 Å². The van der Waals surface area contributed by atoms with Gasteiger partial charge in [0.05, 0.1) is 18.7 Å². The van der Waals surface area contributed by atoms with E-state index in [0.29, 0.717) is 5.69 Å². The van der Waals surface area contributed by atoms with Gasteiger partial charge in [0.1, 0.15) is 0 Å². The van der Waals surface area contributed by atoms with Crippen molar-refractivity contribution in [3.05, 3.63) is 54.2 Å². The van der Waals surface area contributed by atoms with Gasteiger partial charge < -0.3 is 4.74 Å². The van der Waals surface area contributed by atoms with Crippen LogP contribution in [0.4, 0.5) is 39.5 Å². The summed E-state index contributed by atoms with van der Waals surface area (Å²) in [5.41, 5.74) is 0.192. The standard InChI is InChI=1S/C19H14F9NO2/c1-31-15(30)13(10-16(20,21)17(22,23)18(24,25)19(26,27)28)11-5-4-6-12(9-11)14-7-2-3-8-29-14/h2-9,13H,10H2,1H3/t13-/m1/s1. The van der Waals surface area contributed by atoms with Gasteiger partial charge in [-0.2, -0.15) is 39.5 Å². The molecular formula is C19H14F9NO2. The van der Waals surface area contributed by atoms with E-state index in [1.54, 1.807) is 12.1 Å². The van der Waals surface area contributed by atoms with Crippen LogP contribution in [0.25, 0.3) is 11.3 Å². The normalized spacial score (nSPS) is 14.3. The lowest BCUT2D eigenvalue weighted by Gasteiger charge is -2.35. The summed E-state index contributed by atoms with van der Waals surface area (Å²) >= 11 is 0. The van der Waals surface area contributed by atoms with Crippen molar-refractivity contribution in [1.29, 1.82) is 0 Å². The van der Waals surface area contributed by atoms with E-state index in [9.17, 15) is 44.3 Å². The van der Waals surface area contributed by atoms with Crippen molar-refractivity contribution in [1.82, 2.24) is 4.98 Å². The Bertz CT molecular complexity index is 914. The maximum Gasteiger partial charge on any atom is 0.460 e. The van der Waals surface area contributed by atoms with E-state index >= 15 is 0 Å². The molecule has 1 aromatic heterocycles. The van der Waals surface area contributed by atoms with Gasteiger partial charge in [0.25, 0.3) is 0 Å². The Hall–Kier alpha value is -2.79.